The van der Waals surface area contributed by atoms with Crippen molar-refractivity contribution in [1.29, 1.82) is 0 Å². The normalized spacial score (nSPS) is 13.2. The number of esters is 4. The van der Waals surface area contributed by atoms with Crippen molar-refractivity contribution >= 4 is 72.9 Å². The van der Waals surface area contributed by atoms with Crippen molar-refractivity contribution in [3.63, 3.8) is 0 Å². The van der Waals surface area contributed by atoms with E-state index in [9.17, 15) is 47.7 Å². The third-order valence-corrected chi connectivity index (χ3v) is 23.9. The van der Waals surface area contributed by atoms with Crippen molar-refractivity contribution in [2.45, 2.75) is 438 Å². The summed E-state index contributed by atoms with van der Waals surface area (Å²) in [5.41, 5.74) is 0. The summed E-state index contributed by atoms with van der Waals surface area (Å²) in [6.07, 6.45) is 65.4. The maximum absolute atomic E-state index is 13.0. The summed E-state index contributed by atoms with van der Waals surface area (Å²) in [4.78, 5) is 97.6. The zero-order chi connectivity index (χ0) is 79.0. The van der Waals surface area contributed by atoms with E-state index in [1.165, 1.54) is 278 Å². The molecule has 0 saturated carbocycles. The largest absolute Gasteiger partial charge is 0.472 e. The molecule has 0 bridgehead atoms. The number of phosphoric ester groups is 2. The molecule has 4 atom stereocenters. The Kier molecular flexibility index (Phi) is 79.6. The van der Waals surface area contributed by atoms with Crippen LogP contribution in [0.1, 0.15) is 426 Å². The molecule has 24 heteroatoms. The van der Waals surface area contributed by atoms with Gasteiger partial charge >= 0.3 is 39.5 Å². The number of nitrogens with one attached hydrogen (secondary N) is 2. The molecule has 0 aromatic heterocycles. The molecule has 2 unspecified atom stereocenters. The maximum Gasteiger partial charge on any atom is 0.472 e. The molecule has 0 aliphatic carbocycles. The first-order valence-corrected chi connectivity index (χ1v) is 49.8. The molecule has 0 rings (SSSR count). The molecular formula is C84H162N2O18P2S2. The first-order valence-electron chi connectivity index (χ1n) is 44.3. The van der Waals surface area contributed by atoms with Crippen LogP contribution in [-0.4, -0.2) is 122 Å². The van der Waals surface area contributed by atoms with Gasteiger partial charge in [-0.3, -0.25) is 46.9 Å². The molecule has 4 N–H and O–H groups in total. The monoisotopic (exact) mass is 1610 g/mol. The molecule has 0 aromatic carbocycles. The quantitative estimate of drug-likeness (QED) is 0.0145. The second kappa shape index (κ2) is 81.3. The van der Waals surface area contributed by atoms with Crippen LogP contribution in [0.2, 0.25) is 0 Å². The topological polar surface area (TPSA) is 275 Å². The van der Waals surface area contributed by atoms with Gasteiger partial charge in [-0.15, -0.1) is 0 Å². The number of rotatable bonds is 87. The highest BCUT2D eigenvalue weighted by Crippen LogP contribution is 2.44. The van der Waals surface area contributed by atoms with E-state index >= 15 is 0 Å². The van der Waals surface area contributed by atoms with E-state index in [4.69, 9.17) is 37.0 Å². The molecule has 0 aliphatic rings. The number of amides is 2. The van der Waals surface area contributed by atoms with Crippen LogP contribution in [0, 0.1) is 0 Å². The van der Waals surface area contributed by atoms with E-state index in [2.05, 4.69) is 38.3 Å². The summed E-state index contributed by atoms with van der Waals surface area (Å²) < 4.78 is 68.7. The van der Waals surface area contributed by atoms with E-state index in [0.717, 1.165) is 77.0 Å². The Morgan fingerprint density at radius 2 is 0.481 bits per heavy atom. The van der Waals surface area contributed by atoms with Gasteiger partial charge in [0.1, 0.15) is 13.2 Å². The average Bonchev–Trinajstić information content (AvgIpc) is 0.919. The van der Waals surface area contributed by atoms with Crippen LogP contribution >= 0.6 is 37.2 Å². The average molecular weight is 1610 g/mol. The van der Waals surface area contributed by atoms with Gasteiger partial charge in [-0.05, 0) is 25.7 Å². The van der Waals surface area contributed by atoms with Gasteiger partial charge in [-0.1, -0.05) is 383 Å². The van der Waals surface area contributed by atoms with E-state index in [1.807, 2.05) is 0 Å². The van der Waals surface area contributed by atoms with Gasteiger partial charge in [0.2, 0.25) is 11.8 Å². The van der Waals surface area contributed by atoms with Gasteiger partial charge in [0, 0.05) is 63.1 Å². The van der Waals surface area contributed by atoms with E-state index in [1.54, 1.807) is 0 Å². The lowest BCUT2D eigenvalue weighted by Gasteiger charge is -2.20. The maximum atomic E-state index is 13.0. The van der Waals surface area contributed by atoms with Crippen molar-refractivity contribution in [2.75, 3.05) is 64.2 Å². The fourth-order valence-corrected chi connectivity index (χ4v) is 16.3. The number of carbonyl (C=O) groups excluding carboxylic acids is 6. The number of ether oxygens (including phenoxy) is 4. The molecule has 0 aromatic rings. The fraction of sp³-hybridized carbons (Fsp3) is 0.929. The van der Waals surface area contributed by atoms with Crippen molar-refractivity contribution in [2.24, 2.45) is 0 Å². The third-order valence-electron chi connectivity index (χ3n) is 19.5. The third kappa shape index (κ3) is 80.4. The summed E-state index contributed by atoms with van der Waals surface area (Å²) in [7, 11) is -6.59. The Bertz CT molecular complexity index is 2030. The molecule has 0 aliphatic heterocycles. The van der Waals surface area contributed by atoms with Crippen LogP contribution in [0.15, 0.2) is 0 Å². The van der Waals surface area contributed by atoms with Crippen LogP contribution in [0.4, 0.5) is 0 Å². The highest BCUT2D eigenvalue weighted by atomic mass is 33.1. The van der Waals surface area contributed by atoms with Crippen molar-refractivity contribution in [1.82, 2.24) is 10.6 Å². The smallest absolute Gasteiger partial charge is 0.462 e. The molecule has 0 fully saturated rings. The van der Waals surface area contributed by atoms with Gasteiger partial charge in [0.15, 0.2) is 12.2 Å². The molecule has 2 amide bonds. The molecule has 0 radical (unpaired) electrons. The number of hydrogen-bond acceptors (Lipinski definition) is 18. The zero-order valence-electron chi connectivity index (χ0n) is 69.2. The number of hydrogen-bond donors (Lipinski definition) is 4. The SMILES string of the molecule is CCCCCCCCCCCCCCCCCC(=O)O[C@H](COC(=O)CCCCCCCCCCCCCCC)COP(=O)(O)OCCNC(=O)CCSSCCC(=O)NCCOP(=O)(O)OC[C@@H](COC(=O)CCCCCCCCCCCCCCC)OC(=O)CCCCCCCCCCCCCCCCC. The minimum atomic E-state index is -4.67. The highest BCUT2D eigenvalue weighted by Gasteiger charge is 2.28. The summed E-state index contributed by atoms with van der Waals surface area (Å²) in [5, 5.41) is 5.27. The van der Waals surface area contributed by atoms with Crippen molar-refractivity contribution in [3.05, 3.63) is 0 Å². The van der Waals surface area contributed by atoms with Crippen LogP contribution in [-0.2, 0) is 74.9 Å². The van der Waals surface area contributed by atoms with Gasteiger partial charge in [0.25, 0.3) is 0 Å². The standard InChI is InChI=1S/C84H162N2O18P2S2/c1-5-9-13-17-21-25-29-33-35-39-43-47-51-55-59-63-83(91)103-77(73-97-81(89)61-57-53-49-45-41-37-31-27-23-19-15-11-7-3)75-101-105(93,94)99-69-67-85-79(87)65-71-107-108-72-66-80(88)86-68-70-100-106(95,96)102-76-78(74-98-82(90)62-58-54-50-46-42-38-32-28-24-20-16-12-8-4)104-84(92)64-60-56-52-48-44-40-36-34-30-26-22-18-14-10-6-2/h77-78H,5-76H2,1-4H3,(H,85,87)(H,86,88)(H,93,94)(H,95,96)/t77-,78-/m1/s1. The Morgan fingerprint density at radius 3 is 0.704 bits per heavy atom. The molecule has 108 heavy (non-hydrogen) atoms. The van der Waals surface area contributed by atoms with Crippen LogP contribution in [0.25, 0.3) is 0 Å². The minimum absolute atomic E-state index is 0.0902. The number of phosphoric acid groups is 2. The lowest BCUT2D eigenvalue weighted by Crippen LogP contribution is -2.30. The Labute approximate surface area is 666 Å². The summed E-state index contributed by atoms with van der Waals surface area (Å²) >= 11 is 0. The Hall–Kier alpha value is -2.26. The number of carbonyl (C=O) groups is 6. The minimum Gasteiger partial charge on any atom is -0.462 e. The van der Waals surface area contributed by atoms with Crippen LogP contribution in [0.3, 0.4) is 0 Å². The molecule has 20 nitrogen and oxygen atoms in total. The molecule has 0 saturated heterocycles. The lowest BCUT2D eigenvalue weighted by atomic mass is 10.0. The van der Waals surface area contributed by atoms with Gasteiger partial charge in [-0.2, -0.15) is 0 Å². The van der Waals surface area contributed by atoms with Crippen molar-refractivity contribution < 1.29 is 84.7 Å². The second-order valence-corrected chi connectivity index (χ2v) is 35.6. The first-order chi connectivity index (χ1) is 52.6. The molecule has 638 valence electrons. The van der Waals surface area contributed by atoms with Gasteiger partial charge < -0.3 is 39.4 Å². The summed E-state index contributed by atoms with van der Waals surface area (Å²) in [6.45, 7) is 6.32. The Balaban J connectivity index is 4.83. The fourth-order valence-electron chi connectivity index (χ4n) is 12.8. The van der Waals surface area contributed by atoms with Crippen molar-refractivity contribution in [3.8, 4) is 0 Å². The summed E-state index contributed by atoms with van der Waals surface area (Å²) in [6, 6.07) is 0. The predicted molar refractivity (Wildman–Crippen MR) is 445 cm³/mol. The van der Waals surface area contributed by atoms with E-state index in [0.29, 0.717) is 37.2 Å². The second-order valence-electron chi connectivity index (χ2n) is 30.0. The lowest BCUT2D eigenvalue weighted by molar-refractivity contribution is -0.161. The number of unbranched alkanes of at least 4 members (excludes halogenated alkanes) is 52. The predicted octanol–water partition coefficient (Wildman–Crippen LogP) is 24.0. The van der Waals surface area contributed by atoms with E-state index in [-0.39, 0.29) is 89.9 Å². The van der Waals surface area contributed by atoms with Gasteiger partial charge in [0.05, 0.1) is 26.4 Å². The summed E-state index contributed by atoms with van der Waals surface area (Å²) in [5.74, 6) is -1.74. The highest BCUT2D eigenvalue weighted by molar-refractivity contribution is 8.76. The van der Waals surface area contributed by atoms with Gasteiger partial charge in [-0.25, -0.2) is 9.13 Å². The van der Waals surface area contributed by atoms with Crippen LogP contribution < -0.4 is 10.6 Å². The molecule has 0 spiro atoms. The van der Waals surface area contributed by atoms with Crippen LogP contribution in [0.5, 0.6) is 0 Å². The van der Waals surface area contributed by atoms with E-state index < -0.39 is 64.9 Å². The molecular weight excluding hydrogens is 1450 g/mol. The first kappa shape index (κ1) is 106. The molecule has 0 heterocycles. The zero-order valence-corrected chi connectivity index (χ0v) is 72.6. The Morgan fingerprint density at radius 1 is 0.278 bits per heavy atom.